The highest BCUT2D eigenvalue weighted by molar-refractivity contribution is 7.98. The maximum atomic E-state index is 12.4. The van der Waals surface area contributed by atoms with Crippen molar-refractivity contribution >= 4 is 35.2 Å². The summed E-state index contributed by atoms with van der Waals surface area (Å²) in [6, 6.07) is 13.1. The number of hydrogen-bond acceptors (Lipinski definition) is 4. The van der Waals surface area contributed by atoms with Crippen LogP contribution in [0, 0.1) is 0 Å². The molecule has 2 aromatic carbocycles. The number of imide groups is 1. The minimum absolute atomic E-state index is 0.339. The Hall–Kier alpha value is -2.60. The quantitative estimate of drug-likeness (QED) is 0.686. The Bertz CT molecular complexity index is 782. The molecule has 0 spiro atoms. The third-order valence-corrected chi connectivity index (χ3v) is 4.69. The minimum atomic E-state index is -0.891. The van der Waals surface area contributed by atoms with Crippen LogP contribution < -0.4 is 5.32 Å². The Morgan fingerprint density at radius 2 is 1.54 bits per heavy atom. The molecule has 1 atom stereocenters. The second kappa shape index (κ2) is 6.49. The summed E-state index contributed by atoms with van der Waals surface area (Å²) in [6.45, 7) is 1.55. The number of nitrogens with zero attached hydrogens (tertiary/aromatic N) is 1. The number of benzene rings is 2. The molecule has 24 heavy (non-hydrogen) atoms. The molecule has 0 saturated heterocycles. The number of thioether (sulfide) groups is 1. The molecule has 2 aromatic rings. The van der Waals surface area contributed by atoms with Gasteiger partial charge < -0.3 is 5.32 Å². The number of amides is 3. The van der Waals surface area contributed by atoms with Crippen molar-refractivity contribution in [2.45, 2.75) is 17.9 Å². The van der Waals surface area contributed by atoms with Gasteiger partial charge >= 0.3 is 0 Å². The number of rotatable bonds is 4. The monoisotopic (exact) mass is 340 g/mol. The smallest absolute Gasteiger partial charge is 0.262 e. The Labute approximate surface area is 144 Å². The molecule has 1 unspecified atom stereocenters. The Morgan fingerprint density at radius 3 is 2.04 bits per heavy atom. The fourth-order valence-electron chi connectivity index (χ4n) is 2.60. The van der Waals surface area contributed by atoms with Crippen molar-refractivity contribution in [1.82, 2.24) is 4.90 Å². The third kappa shape index (κ3) is 2.80. The molecule has 6 heteroatoms. The number of hydrogen-bond donors (Lipinski definition) is 1. The van der Waals surface area contributed by atoms with Crippen molar-refractivity contribution in [3.05, 3.63) is 59.7 Å². The zero-order valence-electron chi connectivity index (χ0n) is 13.3. The lowest BCUT2D eigenvalue weighted by atomic mass is 10.1. The first-order valence-electron chi connectivity index (χ1n) is 7.44. The average Bonchev–Trinajstić information content (AvgIpc) is 2.86. The van der Waals surface area contributed by atoms with E-state index >= 15 is 0 Å². The van der Waals surface area contributed by atoms with Gasteiger partial charge in [-0.05, 0) is 49.6 Å². The van der Waals surface area contributed by atoms with Gasteiger partial charge in [-0.1, -0.05) is 12.1 Å². The van der Waals surface area contributed by atoms with Crippen LogP contribution in [-0.4, -0.2) is 34.9 Å². The first-order chi connectivity index (χ1) is 11.5. The minimum Gasteiger partial charge on any atom is -0.324 e. The van der Waals surface area contributed by atoms with Crippen molar-refractivity contribution < 1.29 is 14.4 Å². The van der Waals surface area contributed by atoms with Gasteiger partial charge in [-0.3, -0.25) is 19.3 Å². The average molecular weight is 340 g/mol. The summed E-state index contributed by atoms with van der Waals surface area (Å²) in [5.74, 6) is -1.27. The fourth-order valence-corrected chi connectivity index (χ4v) is 3.01. The summed E-state index contributed by atoms with van der Waals surface area (Å²) < 4.78 is 0. The largest absolute Gasteiger partial charge is 0.324 e. The molecule has 122 valence electrons. The molecule has 0 radical (unpaired) electrons. The van der Waals surface area contributed by atoms with Crippen LogP contribution in [0.1, 0.15) is 27.6 Å². The second-order valence-corrected chi connectivity index (χ2v) is 6.30. The van der Waals surface area contributed by atoms with Crippen molar-refractivity contribution in [3.63, 3.8) is 0 Å². The number of carbonyl (C=O) groups is 3. The summed E-state index contributed by atoms with van der Waals surface area (Å²) in [6.07, 6.45) is 1.97. The van der Waals surface area contributed by atoms with E-state index in [9.17, 15) is 14.4 Å². The Kier molecular flexibility index (Phi) is 4.40. The van der Waals surface area contributed by atoms with E-state index in [1.165, 1.54) is 0 Å². The van der Waals surface area contributed by atoms with Crippen LogP contribution in [0.15, 0.2) is 53.4 Å². The first-order valence-corrected chi connectivity index (χ1v) is 8.67. The standard InChI is InChI=1S/C18H16N2O3S/c1-11(16(21)19-12-7-9-13(24-2)10-8-12)20-17(22)14-5-3-4-6-15(14)18(20)23/h3-11H,1-2H3,(H,19,21). The lowest BCUT2D eigenvalue weighted by Gasteiger charge is -2.21. The molecule has 0 aliphatic carbocycles. The van der Waals surface area contributed by atoms with E-state index in [2.05, 4.69) is 5.32 Å². The number of nitrogens with one attached hydrogen (secondary N) is 1. The Balaban J connectivity index is 1.76. The van der Waals surface area contributed by atoms with Gasteiger partial charge in [0.2, 0.25) is 5.91 Å². The van der Waals surface area contributed by atoms with Gasteiger partial charge in [0.15, 0.2) is 0 Å². The first kappa shape index (κ1) is 16.3. The van der Waals surface area contributed by atoms with E-state index in [0.29, 0.717) is 16.8 Å². The normalized spacial score (nSPS) is 14.5. The van der Waals surface area contributed by atoms with Crippen molar-refractivity contribution in [1.29, 1.82) is 0 Å². The van der Waals surface area contributed by atoms with Gasteiger partial charge in [-0.25, -0.2) is 0 Å². The highest BCUT2D eigenvalue weighted by Crippen LogP contribution is 2.25. The van der Waals surface area contributed by atoms with Gasteiger partial charge in [-0.15, -0.1) is 11.8 Å². The summed E-state index contributed by atoms with van der Waals surface area (Å²) in [5, 5.41) is 2.74. The molecule has 0 saturated carbocycles. The molecule has 1 heterocycles. The van der Waals surface area contributed by atoms with Gasteiger partial charge in [-0.2, -0.15) is 0 Å². The van der Waals surface area contributed by atoms with E-state index in [1.807, 2.05) is 18.4 Å². The highest BCUT2D eigenvalue weighted by Gasteiger charge is 2.40. The predicted molar refractivity (Wildman–Crippen MR) is 93.3 cm³/mol. The summed E-state index contributed by atoms with van der Waals surface area (Å²) in [5.41, 5.74) is 1.30. The second-order valence-electron chi connectivity index (χ2n) is 5.42. The summed E-state index contributed by atoms with van der Waals surface area (Å²) in [7, 11) is 0. The van der Waals surface area contributed by atoms with Crippen LogP contribution in [-0.2, 0) is 4.79 Å². The van der Waals surface area contributed by atoms with Gasteiger partial charge in [0.05, 0.1) is 11.1 Å². The van der Waals surface area contributed by atoms with Crippen molar-refractivity contribution in [2.24, 2.45) is 0 Å². The predicted octanol–water partition coefficient (Wildman–Crippen LogP) is 3.03. The number of fused-ring (bicyclic) bond motifs is 1. The Morgan fingerprint density at radius 1 is 1.00 bits per heavy atom. The molecule has 1 aliphatic heterocycles. The molecular formula is C18H16N2O3S. The van der Waals surface area contributed by atoms with Crippen LogP contribution in [0.5, 0.6) is 0 Å². The third-order valence-electron chi connectivity index (χ3n) is 3.95. The van der Waals surface area contributed by atoms with E-state index in [1.54, 1.807) is 55.1 Å². The van der Waals surface area contributed by atoms with Crippen LogP contribution in [0.4, 0.5) is 5.69 Å². The molecule has 0 bridgehead atoms. The molecule has 3 amide bonds. The molecule has 1 N–H and O–H groups in total. The molecule has 0 fully saturated rings. The lowest BCUT2D eigenvalue weighted by Crippen LogP contribution is -2.45. The van der Waals surface area contributed by atoms with Crippen molar-refractivity contribution in [3.8, 4) is 0 Å². The zero-order valence-corrected chi connectivity index (χ0v) is 14.1. The molecule has 0 aromatic heterocycles. The van der Waals surface area contributed by atoms with E-state index < -0.39 is 23.8 Å². The maximum absolute atomic E-state index is 12.4. The van der Waals surface area contributed by atoms with Gasteiger partial charge in [0.1, 0.15) is 6.04 Å². The lowest BCUT2D eigenvalue weighted by molar-refractivity contribution is -0.119. The zero-order chi connectivity index (χ0) is 17.3. The summed E-state index contributed by atoms with van der Waals surface area (Å²) >= 11 is 1.61. The van der Waals surface area contributed by atoms with Crippen LogP contribution >= 0.6 is 11.8 Å². The highest BCUT2D eigenvalue weighted by atomic mass is 32.2. The van der Waals surface area contributed by atoms with Crippen LogP contribution in [0.3, 0.4) is 0 Å². The van der Waals surface area contributed by atoms with Crippen molar-refractivity contribution in [2.75, 3.05) is 11.6 Å². The number of anilines is 1. The van der Waals surface area contributed by atoms with E-state index in [4.69, 9.17) is 0 Å². The molecular weight excluding hydrogens is 324 g/mol. The summed E-state index contributed by atoms with van der Waals surface area (Å²) in [4.78, 5) is 39.4. The van der Waals surface area contributed by atoms with Gasteiger partial charge in [0, 0.05) is 10.6 Å². The van der Waals surface area contributed by atoms with E-state index in [-0.39, 0.29) is 0 Å². The number of carbonyl (C=O) groups excluding carboxylic acids is 3. The van der Waals surface area contributed by atoms with Gasteiger partial charge in [0.25, 0.3) is 11.8 Å². The SMILES string of the molecule is CSc1ccc(NC(=O)C(C)N2C(=O)c3ccccc3C2=O)cc1. The molecule has 3 rings (SSSR count). The van der Waals surface area contributed by atoms with Crippen LogP contribution in [0.2, 0.25) is 0 Å². The molecule has 5 nitrogen and oxygen atoms in total. The fraction of sp³-hybridized carbons (Fsp3) is 0.167. The molecule has 1 aliphatic rings. The maximum Gasteiger partial charge on any atom is 0.262 e. The van der Waals surface area contributed by atoms with Crippen LogP contribution in [0.25, 0.3) is 0 Å². The topological polar surface area (TPSA) is 66.5 Å². The van der Waals surface area contributed by atoms with E-state index in [0.717, 1.165) is 9.80 Å².